The van der Waals surface area contributed by atoms with Crippen LogP contribution in [0.15, 0.2) is 0 Å². The van der Waals surface area contributed by atoms with Gasteiger partial charge in [0, 0.05) is 0 Å². The van der Waals surface area contributed by atoms with Crippen molar-refractivity contribution in [2.75, 3.05) is 0 Å². The molecule has 0 aliphatic carbocycles. The molecular weight excluding hydrogens is 165 g/mol. The molecule has 0 aromatic carbocycles. The normalized spacial score (nSPS) is 42.7. The van der Waals surface area contributed by atoms with Crippen molar-refractivity contribution >= 4 is 23.9 Å². The Kier molecular flexibility index (Phi) is 0.719. The quantitative estimate of drug-likeness (QED) is 0.204. The Bertz CT molecular complexity index is 71.3. The Balaban J connectivity index is 2.67. The van der Waals surface area contributed by atoms with Gasteiger partial charge in [-0.05, 0) is 0 Å². The second kappa shape index (κ2) is 0.854. The third-order valence-corrected chi connectivity index (χ3v) is 2.95. The van der Waals surface area contributed by atoms with Crippen LogP contribution in [0.25, 0.3) is 0 Å². The summed E-state index contributed by atoms with van der Waals surface area (Å²) in [4.78, 5) is 16.8. The molecule has 1 fully saturated rings. The van der Waals surface area contributed by atoms with E-state index in [0.29, 0.717) is 0 Å². The Morgan fingerprint density at radius 1 is 1.33 bits per heavy atom. The molecule has 1 rings (SSSR count). The molecule has 0 radical (unpaired) electrons. The zero-order chi connectivity index (χ0) is 4.86. The average molecular weight is 169 g/mol. The number of rotatable bonds is 0. The van der Waals surface area contributed by atoms with Gasteiger partial charge in [0.1, 0.15) is 0 Å². The molecule has 0 bridgehead atoms. The molecule has 0 aromatic heterocycles. The van der Waals surface area contributed by atoms with Crippen molar-refractivity contribution in [2.24, 2.45) is 0 Å². The summed E-state index contributed by atoms with van der Waals surface area (Å²) in [6.45, 7) is 0. The van der Waals surface area contributed by atoms with Crippen LogP contribution >= 0.6 is 5.80 Å². The van der Waals surface area contributed by atoms with Crippen molar-refractivity contribution in [2.45, 2.75) is 0 Å². The minimum absolute atomic E-state index is 0.154. The maximum atomic E-state index is 8.42. The molecule has 4 nitrogen and oxygen atoms in total. The summed E-state index contributed by atoms with van der Waals surface area (Å²) >= 11 is -0.154. The molecular formula is H4GaO4P. The first kappa shape index (κ1) is 5.05. The Morgan fingerprint density at radius 3 is 1.50 bits per heavy atom. The second-order valence-electron chi connectivity index (χ2n) is 1.40. The zero-order valence-corrected chi connectivity index (χ0v) is 8.25. The van der Waals surface area contributed by atoms with Gasteiger partial charge in [-0.15, -0.1) is 0 Å². The Morgan fingerprint density at radius 2 is 1.50 bits per heavy atom. The number of hydrogen-bond donors (Lipinski definition) is 2. The summed E-state index contributed by atoms with van der Waals surface area (Å²) in [5, 5.41) is 0. The SMILES string of the molecule is O[P]1(O)([GaH2])OO1. The van der Waals surface area contributed by atoms with Crippen molar-refractivity contribution in [1.82, 2.24) is 0 Å². The summed E-state index contributed by atoms with van der Waals surface area (Å²) in [7, 11) is 0. The van der Waals surface area contributed by atoms with Gasteiger partial charge in [-0.1, -0.05) is 0 Å². The van der Waals surface area contributed by atoms with Gasteiger partial charge in [-0.3, -0.25) is 0 Å². The fourth-order valence-corrected chi connectivity index (χ4v) is 1.83. The van der Waals surface area contributed by atoms with E-state index in [2.05, 4.69) is 9.35 Å². The van der Waals surface area contributed by atoms with Gasteiger partial charge in [0.15, 0.2) is 0 Å². The van der Waals surface area contributed by atoms with Crippen LogP contribution in [0.2, 0.25) is 0 Å². The molecule has 1 saturated heterocycles. The molecule has 36 valence electrons. The van der Waals surface area contributed by atoms with Crippen molar-refractivity contribution in [1.29, 1.82) is 0 Å². The maximum absolute atomic E-state index is 8.42. The van der Waals surface area contributed by atoms with Gasteiger partial charge >= 0.3 is 43.0 Å². The van der Waals surface area contributed by atoms with Crippen molar-refractivity contribution in [3.63, 3.8) is 0 Å². The van der Waals surface area contributed by atoms with E-state index in [1.54, 1.807) is 0 Å². The van der Waals surface area contributed by atoms with Crippen molar-refractivity contribution in [3.8, 4) is 0 Å². The third kappa shape index (κ3) is 1.20. The summed E-state index contributed by atoms with van der Waals surface area (Å²) in [6.07, 6.45) is 0. The van der Waals surface area contributed by atoms with Crippen LogP contribution in [0, 0.1) is 0 Å². The van der Waals surface area contributed by atoms with Crippen LogP contribution in [0.4, 0.5) is 0 Å². The van der Waals surface area contributed by atoms with Crippen molar-refractivity contribution < 1.29 is 19.1 Å². The number of hydrogen-bond acceptors (Lipinski definition) is 4. The van der Waals surface area contributed by atoms with Crippen LogP contribution in [0.1, 0.15) is 0 Å². The van der Waals surface area contributed by atoms with E-state index in [1.165, 1.54) is 0 Å². The summed E-state index contributed by atoms with van der Waals surface area (Å²) in [5.41, 5.74) is 0. The minimum atomic E-state index is -3.61. The second-order valence-corrected chi connectivity index (χ2v) is 13.8. The summed E-state index contributed by atoms with van der Waals surface area (Å²) in [6, 6.07) is 0. The first-order valence-electron chi connectivity index (χ1n) is 1.38. The van der Waals surface area contributed by atoms with Gasteiger partial charge in [-0.25, -0.2) is 0 Å². The average Bonchev–Trinajstić information content (AvgIpc) is 1.73. The van der Waals surface area contributed by atoms with Crippen LogP contribution in [0.5, 0.6) is 0 Å². The molecule has 0 unspecified atom stereocenters. The van der Waals surface area contributed by atoms with Gasteiger partial charge in [0.25, 0.3) is 0 Å². The zero-order valence-electron chi connectivity index (χ0n) is 3.16. The molecule has 0 saturated carbocycles. The fourth-order valence-electron chi connectivity index (χ4n) is 0.0631. The first-order valence-corrected chi connectivity index (χ1v) is 9.43. The molecule has 6 heavy (non-hydrogen) atoms. The monoisotopic (exact) mass is 168 g/mol. The summed E-state index contributed by atoms with van der Waals surface area (Å²) in [5.74, 6) is -3.61. The van der Waals surface area contributed by atoms with Gasteiger partial charge in [-0.2, -0.15) is 0 Å². The van der Waals surface area contributed by atoms with Crippen LogP contribution in [-0.2, 0) is 9.35 Å². The van der Waals surface area contributed by atoms with E-state index in [4.69, 9.17) is 9.79 Å². The molecule has 0 atom stereocenters. The van der Waals surface area contributed by atoms with E-state index in [9.17, 15) is 0 Å². The molecule has 1 aliphatic rings. The molecule has 6 heteroatoms. The Hall–Kier alpha value is 0.906. The molecule has 2 N–H and O–H groups in total. The van der Waals surface area contributed by atoms with E-state index in [0.717, 1.165) is 0 Å². The van der Waals surface area contributed by atoms with E-state index < -0.39 is 5.80 Å². The Labute approximate surface area is 43.7 Å². The van der Waals surface area contributed by atoms with Gasteiger partial charge in [0.05, 0.1) is 0 Å². The van der Waals surface area contributed by atoms with Crippen LogP contribution < -0.4 is 0 Å². The van der Waals surface area contributed by atoms with Crippen LogP contribution in [0.3, 0.4) is 0 Å². The standard InChI is InChI=1S/Ga.H2O4P.2H/c;1-5(2)3-4-5;;/h;1-2H;;/q-1;+1;;. The fraction of sp³-hybridized carbons (Fsp3) is 0. The third-order valence-electron chi connectivity index (χ3n) is 0.357. The van der Waals surface area contributed by atoms with E-state index in [-0.39, 0.29) is 18.1 Å². The van der Waals surface area contributed by atoms with E-state index in [1.807, 2.05) is 0 Å². The van der Waals surface area contributed by atoms with E-state index >= 15 is 0 Å². The molecule has 0 spiro atoms. The van der Waals surface area contributed by atoms with Gasteiger partial charge in [0.2, 0.25) is 0 Å². The van der Waals surface area contributed by atoms with Gasteiger partial charge < -0.3 is 0 Å². The molecule has 1 aliphatic heterocycles. The topological polar surface area (TPSA) is 65.5 Å². The van der Waals surface area contributed by atoms with Crippen LogP contribution in [-0.4, -0.2) is 27.9 Å². The first-order chi connectivity index (χ1) is 2.47. The summed E-state index contributed by atoms with van der Waals surface area (Å²) < 4.78 is 7.82. The van der Waals surface area contributed by atoms with Crippen molar-refractivity contribution in [3.05, 3.63) is 0 Å². The predicted octanol–water partition coefficient (Wildman–Crippen LogP) is -1.31. The predicted molar refractivity (Wildman–Crippen MR) is 22.1 cm³/mol. The molecule has 0 aromatic rings. The molecule has 0 amide bonds. The molecule has 1 heterocycles.